The molecule has 2 unspecified atom stereocenters. The Morgan fingerprint density at radius 1 is 1.41 bits per heavy atom. The van der Waals surface area contributed by atoms with Crippen LogP contribution in [-0.2, 0) is 0 Å². The molecule has 1 aliphatic heterocycles. The third kappa shape index (κ3) is 3.54. The SMILES string of the molecule is C=C(C)CC(NN)C(C)(CC)N1CCCCC1. The lowest BCUT2D eigenvalue weighted by Gasteiger charge is -2.48. The van der Waals surface area contributed by atoms with E-state index in [1.165, 1.54) is 37.9 Å². The predicted octanol–water partition coefficient (Wildman–Crippen LogP) is 2.44. The molecule has 1 heterocycles. The van der Waals surface area contributed by atoms with Gasteiger partial charge in [0.15, 0.2) is 0 Å². The first-order chi connectivity index (χ1) is 8.04. The number of hydrogen-bond donors (Lipinski definition) is 2. The van der Waals surface area contributed by atoms with Gasteiger partial charge in [-0.15, -0.1) is 6.58 Å². The normalized spacial score (nSPS) is 23.1. The van der Waals surface area contributed by atoms with Crippen molar-refractivity contribution in [3.05, 3.63) is 12.2 Å². The molecular weight excluding hydrogens is 210 g/mol. The minimum atomic E-state index is 0.147. The minimum absolute atomic E-state index is 0.147. The Morgan fingerprint density at radius 3 is 2.41 bits per heavy atom. The third-order valence-corrected chi connectivity index (χ3v) is 4.30. The number of hydrogen-bond acceptors (Lipinski definition) is 3. The molecule has 3 N–H and O–H groups in total. The van der Waals surface area contributed by atoms with Crippen molar-refractivity contribution in [1.29, 1.82) is 0 Å². The largest absolute Gasteiger partial charge is 0.296 e. The average Bonchev–Trinajstić information content (AvgIpc) is 2.35. The number of nitrogens with zero attached hydrogens (tertiary/aromatic N) is 1. The van der Waals surface area contributed by atoms with Crippen LogP contribution in [-0.4, -0.2) is 29.6 Å². The molecule has 2 atom stereocenters. The topological polar surface area (TPSA) is 41.3 Å². The zero-order valence-corrected chi connectivity index (χ0v) is 11.8. The van der Waals surface area contributed by atoms with E-state index in [0.717, 1.165) is 12.8 Å². The highest BCUT2D eigenvalue weighted by molar-refractivity contribution is 5.03. The van der Waals surface area contributed by atoms with Crippen molar-refractivity contribution in [2.24, 2.45) is 5.84 Å². The van der Waals surface area contributed by atoms with Crippen LogP contribution < -0.4 is 11.3 Å². The number of nitrogens with one attached hydrogen (secondary N) is 1. The van der Waals surface area contributed by atoms with Crippen molar-refractivity contribution in [3.63, 3.8) is 0 Å². The fourth-order valence-electron chi connectivity index (χ4n) is 2.90. The Morgan fingerprint density at radius 2 is 2.00 bits per heavy atom. The van der Waals surface area contributed by atoms with E-state index in [9.17, 15) is 0 Å². The summed E-state index contributed by atoms with van der Waals surface area (Å²) >= 11 is 0. The van der Waals surface area contributed by atoms with Crippen LogP contribution in [0, 0.1) is 0 Å². The summed E-state index contributed by atoms with van der Waals surface area (Å²) in [7, 11) is 0. The second-order valence-electron chi connectivity index (χ2n) is 5.64. The molecule has 0 spiro atoms. The molecule has 0 radical (unpaired) electrons. The van der Waals surface area contributed by atoms with Crippen LogP contribution in [0.4, 0.5) is 0 Å². The van der Waals surface area contributed by atoms with Gasteiger partial charge in [0.2, 0.25) is 0 Å². The Labute approximate surface area is 106 Å². The average molecular weight is 239 g/mol. The summed E-state index contributed by atoms with van der Waals surface area (Å²) < 4.78 is 0. The van der Waals surface area contributed by atoms with Crippen molar-refractivity contribution in [1.82, 2.24) is 10.3 Å². The lowest BCUT2D eigenvalue weighted by molar-refractivity contribution is 0.0430. The predicted molar refractivity (Wildman–Crippen MR) is 74.7 cm³/mol. The quantitative estimate of drug-likeness (QED) is 0.425. The Bertz CT molecular complexity index is 246. The van der Waals surface area contributed by atoms with Gasteiger partial charge in [0.1, 0.15) is 0 Å². The monoisotopic (exact) mass is 239 g/mol. The molecule has 0 bridgehead atoms. The highest BCUT2D eigenvalue weighted by atomic mass is 15.3. The fraction of sp³-hybridized carbons (Fsp3) is 0.857. The molecule has 0 aromatic rings. The molecular formula is C14H29N3. The van der Waals surface area contributed by atoms with Crippen LogP contribution in [0.15, 0.2) is 12.2 Å². The molecule has 0 aromatic carbocycles. The number of piperidine rings is 1. The van der Waals surface area contributed by atoms with Gasteiger partial charge in [-0.25, -0.2) is 0 Å². The number of nitrogens with two attached hydrogens (primary N) is 1. The second-order valence-corrected chi connectivity index (χ2v) is 5.64. The van der Waals surface area contributed by atoms with Crippen LogP contribution in [0.2, 0.25) is 0 Å². The molecule has 3 nitrogen and oxygen atoms in total. The highest BCUT2D eigenvalue weighted by Crippen LogP contribution is 2.29. The van der Waals surface area contributed by atoms with E-state index < -0.39 is 0 Å². The van der Waals surface area contributed by atoms with Crippen LogP contribution in [0.3, 0.4) is 0 Å². The molecule has 0 amide bonds. The van der Waals surface area contributed by atoms with E-state index in [0.29, 0.717) is 6.04 Å². The van der Waals surface area contributed by atoms with Gasteiger partial charge in [0, 0.05) is 11.6 Å². The van der Waals surface area contributed by atoms with E-state index in [1.807, 2.05) is 0 Å². The van der Waals surface area contributed by atoms with Gasteiger partial charge in [-0.05, 0) is 52.6 Å². The molecule has 0 saturated carbocycles. The summed E-state index contributed by atoms with van der Waals surface area (Å²) in [6.07, 6.45) is 6.09. The van der Waals surface area contributed by atoms with Crippen LogP contribution >= 0.6 is 0 Å². The van der Waals surface area contributed by atoms with E-state index in [1.54, 1.807) is 0 Å². The van der Waals surface area contributed by atoms with Gasteiger partial charge >= 0.3 is 0 Å². The highest BCUT2D eigenvalue weighted by Gasteiger charge is 2.37. The maximum atomic E-state index is 5.77. The Hall–Kier alpha value is -0.380. The number of hydrazine groups is 1. The van der Waals surface area contributed by atoms with Crippen LogP contribution in [0.1, 0.15) is 52.9 Å². The molecule has 1 fully saturated rings. The molecule has 1 rings (SSSR count). The van der Waals surface area contributed by atoms with Gasteiger partial charge < -0.3 is 0 Å². The van der Waals surface area contributed by atoms with Gasteiger partial charge in [0.25, 0.3) is 0 Å². The van der Waals surface area contributed by atoms with Crippen molar-refractivity contribution in [3.8, 4) is 0 Å². The van der Waals surface area contributed by atoms with E-state index in [4.69, 9.17) is 5.84 Å². The maximum Gasteiger partial charge on any atom is 0.0428 e. The molecule has 1 aliphatic rings. The summed E-state index contributed by atoms with van der Waals surface area (Å²) in [6, 6.07) is 0.295. The van der Waals surface area contributed by atoms with Gasteiger partial charge in [0.05, 0.1) is 0 Å². The molecule has 17 heavy (non-hydrogen) atoms. The summed E-state index contributed by atoms with van der Waals surface area (Å²) in [5.41, 5.74) is 4.37. The van der Waals surface area contributed by atoms with Crippen LogP contribution in [0.5, 0.6) is 0 Å². The fourth-order valence-corrected chi connectivity index (χ4v) is 2.90. The summed E-state index contributed by atoms with van der Waals surface area (Å²) in [5, 5.41) is 0. The second kappa shape index (κ2) is 6.53. The molecule has 0 aromatic heterocycles. The van der Waals surface area contributed by atoms with E-state index in [-0.39, 0.29) is 5.54 Å². The first kappa shape index (κ1) is 14.7. The smallest absolute Gasteiger partial charge is 0.0428 e. The molecule has 0 aliphatic carbocycles. The standard InChI is InChI=1S/C14H29N3/c1-5-14(4,13(16-15)11-12(2)3)17-9-7-6-8-10-17/h13,16H,2,5-11,15H2,1,3-4H3. The Balaban J connectivity index is 2.78. The van der Waals surface area contributed by atoms with Crippen molar-refractivity contribution in [2.45, 2.75) is 64.5 Å². The van der Waals surface area contributed by atoms with E-state index >= 15 is 0 Å². The Kier molecular flexibility index (Phi) is 5.63. The summed E-state index contributed by atoms with van der Waals surface area (Å²) in [6.45, 7) is 13.1. The van der Waals surface area contributed by atoms with Gasteiger partial charge in [-0.1, -0.05) is 18.9 Å². The van der Waals surface area contributed by atoms with Gasteiger partial charge in [-0.2, -0.15) is 0 Å². The van der Waals surface area contributed by atoms with Crippen LogP contribution in [0.25, 0.3) is 0 Å². The maximum absolute atomic E-state index is 5.77. The van der Waals surface area contributed by atoms with Crippen molar-refractivity contribution >= 4 is 0 Å². The van der Waals surface area contributed by atoms with Gasteiger partial charge in [-0.3, -0.25) is 16.2 Å². The van der Waals surface area contributed by atoms with E-state index in [2.05, 4.69) is 37.7 Å². The minimum Gasteiger partial charge on any atom is -0.296 e. The molecule has 3 heteroatoms. The zero-order chi connectivity index (χ0) is 12.9. The first-order valence-corrected chi connectivity index (χ1v) is 6.90. The number of likely N-dealkylation sites (tertiary alicyclic amines) is 1. The van der Waals surface area contributed by atoms with Crippen molar-refractivity contribution < 1.29 is 0 Å². The number of rotatable bonds is 6. The lowest BCUT2D eigenvalue weighted by atomic mass is 9.83. The summed E-state index contributed by atoms with van der Waals surface area (Å²) in [4.78, 5) is 2.62. The first-order valence-electron chi connectivity index (χ1n) is 6.90. The molecule has 1 saturated heterocycles. The molecule has 100 valence electrons. The van der Waals surface area contributed by atoms with Crippen molar-refractivity contribution in [2.75, 3.05) is 13.1 Å². The third-order valence-electron chi connectivity index (χ3n) is 4.30. The lowest BCUT2D eigenvalue weighted by Crippen LogP contribution is -2.61. The zero-order valence-electron chi connectivity index (χ0n) is 11.8. The summed E-state index contributed by atoms with van der Waals surface area (Å²) in [5.74, 6) is 5.77.